The Morgan fingerprint density at radius 2 is 2.06 bits per heavy atom. The fraction of sp³-hybridized carbons (Fsp3) is 0.538. The fourth-order valence-corrected chi connectivity index (χ4v) is 1.85. The highest BCUT2D eigenvalue weighted by atomic mass is 19.1. The van der Waals surface area contributed by atoms with Crippen molar-refractivity contribution in [3.63, 3.8) is 0 Å². The van der Waals surface area contributed by atoms with E-state index in [1.165, 1.54) is 12.1 Å². The number of rotatable bonds is 5. The van der Waals surface area contributed by atoms with Crippen molar-refractivity contribution >= 4 is 5.69 Å². The van der Waals surface area contributed by atoms with Gasteiger partial charge in [0, 0.05) is 25.3 Å². The summed E-state index contributed by atoms with van der Waals surface area (Å²) in [5.41, 5.74) is 6.89. The van der Waals surface area contributed by atoms with E-state index in [1.54, 1.807) is 6.07 Å². The standard InChI is InChI=1S/C13H21FN2/c1-10(2)7-12(15)9-16(3)13-6-4-5-11(14)8-13/h4-6,8,10,12H,7,9,15H2,1-3H3. The first-order chi connectivity index (χ1) is 7.49. The molecule has 0 radical (unpaired) electrons. The number of hydrogen-bond donors (Lipinski definition) is 1. The molecule has 1 unspecified atom stereocenters. The van der Waals surface area contributed by atoms with Crippen LogP contribution < -0.4 is 10.6 Å². The molecule has 1 aromatic rings. The van der Waals surface area contributed by atoms with E-state index in [0.29, 0.717) is 5.92 Å². The quantitative estimate of drug-likeness (QED) is 0.833. The van der Waals surface area contributed by atoms with Gasteiger partial charge >= 0.3 is 0 Å². The average Bonchev–Trinajstić information content (AvgIpc) is 2.16. The summed E-state index contributed by atoms with van der Waals surface area (Å²) in [6.07, 6.45) is 0.986. The molecule has 16 heavy (non-hydrogen) atoms. The largest absolute Gasteiger partial charge is 0.373 e. The normalized spacial score (nSPS) is 12.9. The Kier molecular flexibility index (Phi) is 4.74. The summed E-state index contributed by atoms with van der Waals surface area (Å²) in [4.78, 5) is 2.00. The zero-order chi connectivity index (χ0) is 12.1. The van der Waals surface area contributed by atoms with Crippen molar-refractivity contribution in [2.75, 3.05) is 18.5 Å². The first-order valence-electron chi connectivity index (χ1n) is 5.71. The monoisotopic (exact) mass is 224 g/mol. The highest BCUT2D eigenvalue weighted by Gasteiger charge is 2.09. The Balaban J connectivity index is 2.55. The van der Waals surface area contributed by atoms with Crippen LogP contribution in [0.1, 0.15) is 20.3 Å². The number of nitrogens with two attached hydrogens (primary N) is 1. The molecule has 0 fully saturated rings. The van der Waals surface area contributed by atoms with Gasteiger partial charge < -0.3 is 10.6 Å². The van der Waals surface area contributed by atoms with Crippen LogP contribution in [0, 0.1) is 11.7 Å². The maximum absolute atomic E-state index is 13.0. The maximum Gasteiger partial charge on any atom is 0.125 e. The van der Waals surface area contributed by atoms with Crippen molar-refractivity contribution in [2.24, 2.45) is 11.7 Å². The average molecular weight is 224 g/mol. The molecule has 3 heteroatoms. The lowest BCUT2D eigenvalue weighted by Gasteiger charge is -2.24. The van der Waals surface area contributed by atoms with Gasteiger partial charge in [-0.3, -0.25) is 0 Å². The van der Waals surface area contributed by atoms with E-state index >= 15 is 0 Å². The highest BCUT2D eigenvalue weighted by Crippen LogP contribution is 2.15. The lowest BCUT2D eigenvalue weighted by Crippen LogP contribution is -2.36. The minimum Gasteiger partial charge on any atom is -0.373 e. The van der Waals surface area contributed by atoms with E-state index in [-0.39, 0.29) is 11.9 Å². The first kappa shape index (κ1) is 13.0. The second-order valence-corrected chi connectivity index (χ2v) is 4.75. The molecule has 90 valence electrons. The topological polar surface area (TPSA) is 29.3 Å². The highest BCUT2D eigenvalue weighted by molar-refractivity contribution is 5.45. The summed E-state index contributed by atoms with van der Waals surface area (Å²) in [6, 6.07) is 6.72. The zero-order valence-electron chi connectivity index (χ0n) is 10.3. The van der Waals surface area contributed by atoms with Gasteiger partial charge in [0.2, 0.25) is 0 Å². The lowest BCUT2D eigenvalue weighted by molar-refractivity contribution is 0.495. The van der Waals surface area contributed by atoms with Crippen molar-refractivity contribution in [2.45, 2.75) is 26.3 Å². The lowest BCUT2D eigenvalue weighted by atomic mass is 10.0. The van der Waals surface area contributed by atoms with Gasteiger partial charge in [-0.15, -0.1) is 0 Å². The number of halogens is 1. The van der Waals surface area contributed by atoms with Crippen LogP contribution in [0.3, 0.4) is 0 Å². The summed E-state index contributed by atoms with van der Waals surface area (Å²) < 4.78 is 13.0. The maximum atomic E-state index is 13.0. The van der Waals surface area contributed by atoms with Gasteiger partial charge in [-0.05, 0) is 30.5 Å². The number of hydrogen-bond acceptors (Lipinski definition) is 2. The molecular formula is C13H21FN2. The number of benzene rings is 1. The molecule has 0 heterocycles. The molecule has 0 bridgehead atoms. The van der Waals surface area contributed by atoms with Crippen molar-refractivity contribution in [1.82, 2.24) is 0 Å². The van der Waals surface area contributed by atoms with Gasteiger partial charge in [-0.25, -0.2) is 4.39 Å². The summed E-state index contributed by atoms with van der Waals surface area (Å²) in [5.74, 6) is 0.387. The Bertz CT molecular complexity index is 325. The second-order valence-electron chi connectivity index (χ2n) is 4.75. The van der Waals surface area contributed by atoms with Crippen molar-refractivity contribution in [1.29, 1.82) is 0 Å². The summed E-state index contributed by atoms with van der Waals surface area (Å²) in [6.45, 7) is 5.06. The smallest absolute Gasteiger partial charge is 0.125 e. The minimum atomic E-state index is -0.207. The predicted molar refractivity (Wildman–Crippen MR) is 67.1 cm³/mol. The number of anilines is 1. The molecule has 0 saturated heterocycles. The third-order valence-electron chi connectivity index (χ3n) is 2.53. The molecule has 0 aromatic heterocycles. The molecule has 0 aliphatic carbocycles. The van der Waals surface area contributed by atoms with E-state index in [1.807, 2.05) is 18.0 Å². The van der Waals surface area contributed by atoms with Crippen LogP contribution in [-0.2, 0) is 0 Å². The molecule has 0 aliphatic heterocycles. The molecule has 1 rings (SSSR count). The zero-order valence-corrected chi connectivity index (χ0v) is 10.3. The third kappa shape index (κ3) is 4.19. The first-order valence-corrected chi connectivity index (χ1v) is 5.71. The molecule has 0 aliphatic rings. The predicted octanol–water partition coefficient (Wildman–Crippen LogP) is 2.64. The van der Waals surface area contributed by atoms with Crippen LogP contribution >= 0.6 is 0 Å². The van der Waals surface area contributed by atoms with E-state index < -0.39 is 0 Å². The Labute approximate surface area is 97.3 Å². The Morgan fingerprint density at radius 3 is 2.62 bits per heavy atom. The molecule has 2 N–H and O–H groups in total. The molecular weight excluding hydrogens is 203 g/mol. The van der Waals surface area contributed by atoms with Crippen molar-refractivity contribution in [3.8, 4) is 0 Å². The van der Waals surface area contributed by atoms with E-state index in [0.717, 1.165) is 18.7 Å². The molecule has 0 amide bonds. The van der Waals surface area contributed by atoms with Gasteiger partial charge in [0.05, 0.1) is 0 Å². The van der Waals surface area contributed by atoms with Gasteiger partial charge in [0.15, 0.2) is 0 Å². The molecule has 0 saturated carbocycles. The minimum absolute atomic E-state index is 0.133. The number of nitrogens with zero attached hydrogens (tertiary/aromatic N) is 1. The van der Waals surface area contributed by atoms with Gasteiger partial charge in [0.25, 0.3) is 0 Å². The summed E-state index contributed by atoms with van der Waals surface area (Å²) in [5, 5.41) is 0. The van der Waals surface area contributed by atoms with Crippen LogP contribution in [-0.4, -0.2) is 19.6 Å². The molecule has 2 nitrogen and oxygen atoms in total. The van der Waals surface area contributed by atoms with Crippen LogP contribution in [0.4, 0.5) is 10.1 Å². The molecule has 1 atom stereocenters. The van der Waals surface area contributed by atoms with Crippen molar-refractivity contribution in [3.05, 3.63) is 30.1 Å². The van der Waals surface area contributed by atoms with Crippen LogP contribution in [0.2, 0.25) is 0 Å². The van der Waals surface area contributed by atoms with E-state index in [2.05, 4.69) is 13.8 Å². The SMILES string of the molecule is CC(C)CC(N)CN(C)c1cccc(F)c1. The number of likely N-dealkylation sites (N-methyl/N-ethyl adjacent to an activating group) is 1. The van der Waals surface area contributed by atoms with E-state index in [4.69, 9.17) is 5.73 Å². The summed E-state index contributed by atoms with van der Waals surface area (Å²) in [7, 11) is 1.94. The fourth-order valence-electron chi connectivity index (χ4n) is 1.85. The Morgan fingerprint density at radius 1 is 1.38 bits per heavy atom. The van der Waals surface area contributed by atoms with Crippen LogP contribution in [0.25, 0.3) is 0 Å². The van der Waals surface area contributed by atoms with Crippen LogP contribution in [0.5, 0.6) is 0 Å². The van der Waals surface area contributed by atoms with Gasteiger partial charge in [0.1, 0.15) is 5.82 Å². The Hall–Kier alpha value is -1.09. The second kappa shape index (κ2) is 5.85. The third-order valence-corrected chi connectivity index (χ3v) is 2.53. The van der Waals surface area contributed by atoms with Crippen LogP contribution in [0.15, 0.2) is 24.3 Å². The molecule has 1 aromatic carbocycles. The van der Waals surface area contributed by atoms with E-state index in [9.17, 15) is 4.39 Å². The summed E-state index contributed by atoms with van der Waals surface area (Å²) >= 11 is 0. The molecule has 0 spiro atoms. The van der Waals surface area contributed by atoms with Gasteiger partial charge in [-0.2, -0.15) is 0 Å². The van der Waals surface area contributed by atoms with Crippen molar-refractivity contribution < 1.29 is 4.39 Å². The van der Waals surface area contributed by atoms with Gasteiger partial charge in [-0.1, -0.05) is 19.9 Å².